The van der Waals surface area contributed by atoms with E-state index < -0.39 is 15.1 Å². The Bertz CT molecular complexity index is 566. The molecule has 0 aromatic carbocycles. The minimum atomic E-state index is -3.56. The molecule has 7 nitrogen and oxygen atoms in total. The van der Waals surface area contributed by atoms with Gasteiger partial charge in [-0.05, 0) is 26.7 Å². The monoisotopic (exact) mass is 316 g/mol. The van der Waals surface area contributed by atoms with E-state index in [0.29, 0.717) is 13.1 Å². The number of aromatic nitrogens is 3. The fraction of sp³-hybridized carbons (Fsp3) is 0.769. The van der Waals surface area contributed by atoms with Crippen LogP contribution in [0.1, 0.15) is 47.0 Å². The first-order valence-electron chi connectivity index (χ1n) is 7.29. The maximum absolute atomic E-state index is 12.3. The molecule has 1 amide bonds. The summed E-state index contributed by atoms with van der Waals surface area (Å²) in [5.41, 5.74) is 0. The molecule has 0 unspecified atom stereocenters. The zero-order valence-electron chi connectivity index (χ0n) is 13.1. The van der Waals surface area contributed by atoms with Crippen LogP contribution in [0.25, 0.3) is 0 Å². The Kier molecular flexibility index (Phi) is 6.32. The summed E-state index contributed by atoms with van der Waals surface area (Å²) in [6.45, 7) is 8.41. The Balaban J connectivity index is 2.95. The molecule has 0 aliphatic rings. The maximum atomic E-state index is 12.3. The van der Waals surface area contributed by atoms with Gasteiger partial charge in [-0.15, -0.1) is 5.10 Å². The van der Waals surface area contributed by atoms with E-state index in [9.17, 15) is 13.2 Å². The van der Waals surface area contributed by atoms with Gasteiger partial charge < -0.3 is 4.90 Å². The first-order chi connectivity index (χ1) is 9.84. The lowest BCUT2D eigenvalue weighted by Crippen LogP contribution is -2.36. The third kappa shape index (κ3) is 4.26. The molecule has 21 heavy (non-hydrogen) atoms. The van der Waals surface area contributed by atoms with Crippen LogP contribution in [0.2, 0.25) is 0 Å². The number of hydrogen-bond donors (Lipinski definition) is 0. The highest BCUT2D eigenvalue weighted by atomic mass is 32.2. The summed E-state index contributed by atoms with van der Waals surface area (Å²) in [4.78, 5) is 17.8. The van der Waals surface area contributed by atoms with Crippen molar-refractivity contribution in [2.75, 3.05) is 13.1 Å². The van der Waals surface area contributed by atoms with Gasteiger partial charge in [0.05, 0.1) is 5.25 Å². The predicted molar refractivity (Wildman–Crippen MR) is 79.9 cm³/mol. The topological polar surface area (TPSA) is 85.2 Å². The molecule has 0 saturated carbocycles. The number of carbonyl (C=O) groups is 1. The number of unbranched alkanes of at least 4 members (excludes halogenated alkanes) is 1. The number of rotatable bonds is 7. The van der Waals surface area contributed by atoms with Gasteiger partial charge in [0, 0.05) is 13.1 Å². The molecule has 0 N–H and O–H groups in total. The fourth-order valence-corrected chi connectivity index (χ4v) is 2.57. The number of amides is 1. The molecule has 0 saturated heterocycles. The van der Waals surface area contributed by atoms with Crippen LogP contribution in [0.3, 0.4) is 0 Å². The molecule has 0 aliphatic heterocycles. The highest BCUT2D eigenvalue weighted by Crippen LogP contribution is 2.10. The first kappa shape index (κ1) is 17.6. The molecule has 0 bridgehead atoms. The zero-order chi connectivity index (χ0) is 16.0. The maximum Gasteiger partial charge on any atom is 0.346 e. The summed E-state index contributed by atoms with van der Waals surface area (Å²) in [5.74, 6) is 0. The van der Waals surface area contributed by atoms with Crippen LogP contribution in [0, 0.1) is 0 Å². The van der Waals surface area contributed by atoms with E-state index in [1.165, 1.54) is 6.33 Å². The molecule has 1 aromatic heterocycles. The van der Waals surface area contributed by atoms with E-state index in [1.807, 2.05) is 6.92 Å². The Morgan fingerprint density at radius 1 is 1.29 bits per heavy atom. The third-order valence-corrected chi connectivity index (χ3v) is 5.02. The summed E-state index contributed by atoms with van der Waals surface area (Å²) in [6.07, 6.45) is 3.89. The molecule has 0 atom stereocenters. The van der Waals surface area contributed by atoms with Crippen molar-refractivity contribution >= 4 is 15.9 Å². The van der Waals surface area contributed by atoms with Gasteiger partial charge in [-0.3, -0.25) is 0 Å². The van der Waals surface area contributed by atoms with Gasteiger partial charge in [-0.25, -0.2) is 18.2 Å². The highest BCUT2D eigenvalue weighted by Gasteiger charge is 2.26. The largest absolute Gasteiger partial charge is 0.346 e. The van der Waals surface area contributed by atoms with Crippen molar-refractivity contribution in [3.05, 3.63) is 6.33 Å². The molecule has 0 spiro atoms. The van der Waals surface area contributed by atoms with E-state index in [2.05, 4.69) is 17.0 Å². The van der Waals surface area contributed by atoms with Crippen LogP contribution < -0.4 is 0 Å². The average molecular weight is 316 g/mol. The lowest BCUT2D eigenvalue weighted by atomic mass is 10.3. The Labute approximate surface area is 126 Å². The Morgan fingerprint density at radius 3 is 2.48 bits per heavy atom. The summed E-state index contributed by atoms with van der Waals surface area (Å²) in [5, 5.41) is 2.93. The first-order valence-corrected chi connectivity index (χ1v) is 8.84. The number of hydrogen-bond acceptors (Lipinski definition) is 5. The summed E-state index contributed by atoms with van der Waals surface area (Å²) >= 11 is 0. The van der Waals surface area contributed by atoms with Gasteiger partial charge in [0.2, 0.25) is 9.84 Å². The van der Waals surface area contributed by atoms with Crippen LogP contribution in [-0.4, -0.2) is 52.5 Å². The standard InChI is InChI=1S/C13H24N4O3S/c1-5-7-9-16(8-6-2)13(18)17-10-14-12(15-17)21(19,20)11(3)4/h10-11H,5-9H2,1-4H3. The molecule has 1 heterocycles. The number of nitrogens with zero attached hydrogens (tertiary/aromatic N) is 4. The van der Waals surface area contributed by atoms with Gasteiger partial charge in [0.15, 0.2) is 0 Å². The molecule has 0 aliphatic carbocycles. The van der Waals surface area contributed by atoms with Crippen LogP contribution in [0.15, 0.2) is 11.5 Å². The Morgan fingerprint density at radius 2 is 1.95 bits per heavy atom. The molecule has 0 fully saturated rings. The lowest BCUT2D eigenvalue weighted by molar-refractivity contribution is 0.195. The lowest BCUT2D eigenvalue weighted by Gasteiger charge is -2.20. The Hall–Kier alpha value is -1.44. The molecular weight excluding hydrogens is 292 g/mol. The van der Waals surface area contributed by atoms with Crippen LogP contribution in [0.4, 0.5) is 4.79 Å². The minimum absolute atomic E-state index is 0.294. The van der Waals surface area contributed by atoms with E-state index >= 15 is 0 Å². The van der Waals surface area contributed by atoms with E-state index in [-0.39, 0.29) is 11.2 Å². The van der Waals surface area contributed by atoms with Gasteiger partial charge in [0.1, 0.15) is 6.33 Å². The summed E-state index contributed by atoms with van der Waals surface area (Å²) < 4.78 is 25.0. The van der Waals surface area contributed by atoms with Crippen molar-refractivity contribution in [2.24, 2.45) is 0 Å². The van der Waals surface area contributed by atoms with E-state index in [4.69, 9.17) is 0 Å². The second-order valence-corrected chi connectivity index (χ2v) is 7.59. The van der Waals surface area contributed by atoms with Gasteiger partial charge in [0.25, 0.3) is 5.16 Å². The average Bonchev–Trinajstić information content (AvgIpc) is 2.92. The predicted octanol–water partition coefficient (Wildman–Crippen LogP) is 1.94. The molecule has 1 rings (SSSR count). The van der Waals surface area contributed by atoms with Crippen molar-refractivity contribution in [2.45, 2.75) is 57.4 Å². The third-order valence-electron chi connectivity index (χ3n) is 3.09. The normalized spacial score (nSPS) is 11.9. The molecule has 0 radical (unpaired) electrons. The quantitative estimate of drug-likeness (QED) is 0.767. The van der Waals surface area contributed by atoms with Gasteiger partial charge >= 0.3 is 6.03 Å². The SMILES string of the molecule is CCCCN(CCC)C(=O)n1cnc(S(=O)(=O)C(C)C)n1. The van der Waals surface area contributed by atoms with Crippen molar-refractivity contribution in [3.8, 4) is 0 Å². The second-order valence-electron chi connectivity index (χ2n) is 5.19. The summed E-state index contributed by atoms with van der Waals surface area (Å²) in [7, 11) is -3.56. The summed E-state index contributed by atoms with van der Waals surface area (Å²) in [6, 6.07) is -0.331. The molecule has 120 valence electrons. The van der Waals surface area contributed by atoms with Crippen LogP contribution >= 0.6 is 0 Å². The number of carbonyl (C=O) groups excluding carboxylic acids is 1. The number of sulfone groups is 1. The van der Waals surface area contributed by atoms with Crippen molar-refractivity contribution < 1.29 is 13.2 Å². The molecule has 1 aromatic rings. The van der Waals surface area contributed by atoms with Gasteiger partial charge in [-0.1, -0.05) is 20.3 Å². The highest BCUT2D eigenvalue weighted by molar-refractivity contribution is 7.91. The van der Waals surface area contributed by atoms with E-state index in [1.54, 1.807) is 18.7 Å². The minimum Gasteiger partial charge on any atom is -0.323 e. The smallest absolute Gasteiger partial charge is 0.323 e. The zero-order valence-corrected chi connectivity index (χ0v) is 13.9. The fourth-order valence-electron chi connectivity index (χ4n) is 1.75. The van der Waals surface area contributed by atoms with Crippen LogP contribution in [0.5, 0.6) is 0 Å². The molecule has 8 heteroatoms. The van der Waals surface area contributed by atoms with Crippen molar-refractivity contribution in [1.82, 2.24) is 19.7 Å². The second kappa shape index (κ2) is 7.53. The van der Waals surface area contributed by atoms with E-state index in [0.717, 1.165) is 23.9 Å². The van der Waals surface area contributed by atoms with Crippen molar-refractivity contribution in [3.63, 3.8) is 0 Å². The van der Waals surface area contributed by atoms with Crippen LogP contribution in [-0.2, 0) is 9.84 Å². The molecular formula is C13H24N4O3S. The van der Waals surface area contributed by atoms with Gasteiger partial charge in [-0.2, -0.15) is 4.68 Å². The van der Waals surface area contributed by atoms with Crippen molar-refractivity contribution in [1.29, 1.82) is 0 Å².